The Morgan fingerprint density at radius 3 is 2.21 bits per heavy atom. The molecule has 0 unspecified atom stereocenters. The number of anilines is 1. The Hall–Kier alpha value is -2.05. The number of hydrogen-bond donors (Lipinski definition) is 1. The predicted octanol–water partition coefficient (Wildman–Crippen LogP) is 4.30. The maximum Gasteiger partial charge on any atom is 0.244 e. The Kier molecular flexibility index (Phi) is 6.78. The van der Waals surface area contributed by atoms with Crippen molar-refractivity contribution in [3.8, 4) is 0 Å². The van der Waals surface area contributed by atoms with Gasteiger partial charge in [-0.05, 0) is 75.1 Å². The van der Waals surface area contributed by atoms with Gasteiger partial charge >= 0.3 is 0 Å². The summed E-state index contributed by atoms with van der Waals surface area (Å²) in [7, 11) is -3.69. The molecule has 5 nitrogen and oxygen atoms in total. The van der Waals surface area contributed by atoms with E-state index in [2.05, 4.69) is 17.4 Å². The first kappa shape index (κ1) is 22.2. The number of sulfonamides is 1. The smallest absolute Gasteiger partial charge is 0.244 e. The van der Waals surface area contributed by atoms with E-state index in [0.717, 1.165) is 27.3 Å². The molecule has 0 aromatic heterocycles. The van der Waals surface area contributed by atoms with E-state index in [1.807, 2.05) is 27.7 Å². The van der Waals surface area contributed by atoms with E-state index in [-0.39, 0.29) is 11.9 Å². The van der Waals surface area contributed by atoms with Crippen LogP contribution in [0.25, 0.3) is 0 Å². The van der Waals surface area contributed by atoms with Crippen LogP contribution in [-0.2, 0) is 14.8 Å². The molecule has 152 valence electrons. The van der Waals surface area contributed by atoms with Crippen LogP contribution in [0.5, 0.6) is 0 Å². The molecule has 0 radical (unpaired) electrons. The molecule has 0 saturated heterocycles. The number of halogens is 1. The molecule has 2 atom stereocenters. The lowest BCUT2D eigenvalue weighted by molar-refractivity contribution is -0.122. The third kappa shape index (κ3) is 5.06. The van der Waals surface area contributed by atoms with Gasteiger partial charge in [0.25, 0.3) is 0 Å². The summed E-state index contributed by atoms with van der Waals surface area (Å²) in [5.74, 6) is -0.379. The fraction of sp³-hybridized carbons (Fsp3) is 0.381. The van der Waals surface area contributed by atoms with E-state index in [1.54, 1.807) is 25.1 Å². The van der Waals surface area contributed by atoms with Gasteiger partial charge in [-0.15, -0.1) is 0 Å². The summed E-state index contributed by atoms with van der Waals surface area (Å²) >= 11 is 6.01. The normalized spacial score (nSPS) is 13.7. The highest BCUT2D eigenvalue weighted by Gasteiger charge is 2.30. The van der Waals surface area contributed by atoms with E-state index < -0.39 is 16.1 Å². The largest absolute Gasteiger partial charge is 0.348 e. The standard InChI is InChI=1S/C21H27ClN2O3S/c1-13-10-15(3)20(11-14(13)2)16(4)23-21(25)17(5)24(28(6,26)27)19-9-7-8-18(22)12-19/h7-12,16-17H,1-6H3,(H,23,25)/t16-,17+/m0/s1. The average Bonchev–Trinajstić information content (AvgIpc) is 2.56. The van der Waals surface area contributed by atoms with Crippen LogP contribution >= 0.6 is 11.6 Å². The van der Waals surface area contributed by atoms with Gasteiger partial charge in [0.2, 0.25) is 15.9 Å². The third-order valence-electron chi connectivity index (χ3n) is 4.86. The summed E-state index contributed by atoms with van der Waals surface area (Å²) in [4.78, 5) is 12.9. The zero-order chi connectivity index (χ0) is 21.2. The van der Waals surface area contributed by atoms with Crippen LogP contribution < -0.4 is 9.62 Å². The van der Waals surface area contributed by atoms with Crippen molar-refractivity contribution in [1.82, 2.24) is 5.32 Å². The van der Waals surface area contributed by atoms with Crippen LogP contribution in [0.1, 0.15) is 42.1 Å². The summed E-state index contributed by atoms with van der Waals surface area (Å²) in [6.07, 6.45) is 1.08. The van der Waals surface area contributed by atoms with Crippen molar-refractivity contribution in [2.24, 2.45) is 0 Å². The molecule has 2 rings (SSSR count). The Balaban J connectivity index is 2.30. The molecule has 0 bridgehead atoms. The van der Waals surface area contributed by atoms with Gasteiger partial charge in [0.1, 0.15) is 6.04 Å². The lowest BCUT2D eigenvalue weighted by atomic mass is 9.96. The van der Waals surface area contributed by atoms with Crippen molar-refractivity contribution in [1.29, 1.82) is 0 Å². The van der Waals surface area contributed by atoms with Crippen molar-refractivity contribution in [3.05, 3.63) is 63.7 Å². The fourth-order valence-electron chi connectivity index (χ4n) is 3.28. The van der Waals surface area contributed by atoms with Crippen LogP contribution in [0.4, 0.5) is 5.69 Å². The number of amides is 1. The second-order valence-corrected chi connectivity index (χ2v) is 9.53. The molecule has 0 spiro atoms. The summed E-state index contributed by atoms with van der Waals surface area (Å²) in [5.41, 5.74) is 4.78. The van der Waals surface area contributed by atoms with Gasteiger partial charge in [-0.2, -0.15) is 0 Å². The minimum absolute atomic E-state index is 0.255. The van der Waals surface area contributed by atoms with Gasteiger partial charge < -0.3 is 5.32 Å². The van der Waals surface area contributed by atoms with E-state index in [9.17, 15) is 13.2 Å². The predicted molar refractivity (Wildman–Crippen MR) is 115 cm³/mol. The van der Waals surface area contributed by atoms with Crippen molar-refractivity contribution >= 4 is 33.2 Å². The summed E-state index contributed by atoms with van der Waals surface area (Å²) in [6.45, 7) is 9.54. The monoisotopic (exact) mass is 422 g/mol. The van der Waals surface area contributed by atoms with E-state index in [1.165, 1.54) is 11.6 Å². The highest BCUT2D eigenvalue weighted by molar-refractivity contribution is 7.92. The van der Waals surface area contributed by atoms with Gasteiger partial charge in [0.05, 0.1) is 18.0 Å². The number of benzene rings is 2. The van der Waals surface area contributed by atoms with E-state index in [0.29, 0.717) is 10.7 Å². The SMILES string of the molecule is Cc1cc(C)c([C@H](C)NC(=O)[C@@H](C)N(c2cccc(Cl)c2)S(C)(=O)=O)cc1C. The second kappa shape index (κ2) is 8.53. The quantitative estimate of drug-likeness (QED) is 0.754. The molecular formula is C21H27ClN2O3S. The fourth-order valence-corrected chi connectivity index (χ4v) is 4.63. The summed E-state index contributed by atoms with van der Waals surface area (Å²) < 4.78 is 25.9. The minimum atomic E-state index is -3.69. The number of rotatable bonds is 6. The molecule has 0 heterocycles. The van der Waals surface area contributed by atoms with Gasteiger partial charge in [0.15, 0.2) is 0 Å². The number of nitrogens with zero attached hydrogens (tertiary/aromatic N) is 1. The Morgan fingerprint density at radius 2 is 1.64 bits per heavy atom. The zero-order valence-corrected chi connectivity index (χ0v) is 18.6. The molecule has 2 aromatic carbocycles. The van der Waals surface area contributed by atoms with Crippen molar-refractivity contribution in [2.75, 3.05) is 10.6 Å². The van der Waals surface area contributed by atoms with Gasteiger partial charge in [0, 0.05) is 5.02 Å². The first-order chi connectivity index (χ1) is 12.9. The van der Waals surface area contributed by atoms with E-state index >= 15 is 0 Å². The molecule has 0 fully saturated rings. The molecule has 2 aromatic rings. The lowest BCUT2D eigenvalue weighted by Crippen LogP contribution is -2.48. The van der Waals surface area contributed by atoms with Crippen LogP contribution in [-0.4, -0.2) is 26.6 Å². The molecular weight excluding hydrogens is 396 g/mol. The van der Waals surface area contributed by atoms with E-state index in [4.69, 9.17) is 11.6 Å². The van der Waals surface area contributed by atoms with Crippen molar-refractivity contribution in [2.45, 2.75) is 46.7 Å². The van der Waals surface area contributed by atoms with Gasteiger partial charge in [-0.25, -0.2) is 8.42 Å². The molecule has 1 amide bonds. The number of nitrogens with one attached hydrogen (secondary N) is 1. The maximum atomic E-state index is 12.9. The number of carbonyl (C=O) groups excluding carboxylic acids is 1. The van der Waals surface area contributed by atoms with Crippen LogP contribution in [0.3, 0.4) is 0 Å². The molecule has 1 N–H and O–H groups in total. The first-order valence-electron chi connectivity index (χ1n) is 9.05. The van der Waals surface area contributed by atoms with Crippen molar-refractivity contribution < 1.29 is 13.2 Å². The summed E-state index contributed by atoms with van der Waals surface area (Å²) in [6, 6.07) is 9.42. The number of hydrogen-bond acceptors (Lipinski definition) is 3. The Morgan fingerprint density at radius 1 is 1.04 bits per heavy atom. The van der Waals surface area contributed by atoms with Gasteiger partial charge in [-0.3, -0.25) is 9.10 Å². The summed E-state index contributed by atoms with van der Waals surface area (Å²) in [5, 5.41) is 3.34. The third-order valence-corrected chi connectivity index (χ3v) is 6.34. The number of aryl methyl sites for hydroxylation is 3. The first-order valence-corrected chi connectivity index (χ1v) is 11.3. The Bertz CT molecular complexity index is 989. The maximum absolute atomic E-state index is 12.9. The molecule has 0 aliphatic rings. The molecule has 28 heavy (non-hydrogen) atoms. The topological polar surface area (TPSA) is 66.5 Å². The van der Waals surface area contributed by atoms with Crippen LogP contribution in [0.2, 0.25) is 5.02 Å². The highest BCUT2D eigenvalue weighted by Crippen LogP contribution is 2.25. The highest BCUT2D eigenvalue weighted by atomic mass is 35.5. The molecule has 0 saturated carbocycles. The Labute approximate surface area is 172 Å². The van der Waals surface area contributed by atoms with Crippen LogP contribution in [0, 0.1) is 20.8 Å². The molecule has 7 heteroatoms. The molecule has 0 aliphatic heterocycles. The van der Waals surface area contributed by atoms with Crippen LogP contribution in [0.15, 0.2) is 36.4 Å². The van der Waals surface area contributed by atoms with Gasteiger partial charge in [-0.1, -0.05) is 29.8 Å². The minimum Gasteiger partial charge on any atom is -0.348 e. The lowest BCUT2D eigenvalue weighted by Gasteiger charge is -2.29. The second-order valence-electron chi connectivity index (χ2n) is 7.24. The number of carbonyl (C=O) groups is 1. The van der Waals surface area contributed by atoms with Crippen molar-refractivity contribution in [3.63, 3.8) is 0 Å². The zero-order valence-electron chi connectivity index (χ0n) is 17.1. The molecule has 0 aliphatic carbocycles. The average molecular weight is 423 g/mol.